The molecule has 3 heterocycles. The zero-order chi connectivity index (χ0) is 12.5. The lowest BCUT2D eigenvalue weighted by Crippen LogP contribution is -2.37. The highest BCUT2D eigenvalue weighted by atomic mass is 16.2. The number of nitrogens with zero attached hydrogens (tertiary/aromatic N) is 4. The summed E-state index contributed by atoms with van der Waals surface area (Å²) in [6.07, 6.45) is 2.16. The van der Waals surface area contributed by atoms with Crippen LogP contribution in [0.15, 0.2) is 16.9 Å². The molecule has 7 heteroatoms. The molecule has 0 bridgehead atoms. The number of hydrogen-bond acceptors (Lipinski definition) is 5. The molecule has 3 rings (SSSR count). The number of fused-ring (bicyclic) bond motifs is 1. The molecule has 2 aromatic rings. The van der Waals surface area contributed by atoms with Crippen molar-refractivity contribution < 1.29 is 0 Å². The maximum absolute atomic E-state index is 11.5. The second-order valence-corrected chi connectivity index (χ2v) is 4.66. The van der Waals surface area contributed by atoms with Gasteiger partial charge >= 0.3 is 5.69 Å². The van der Waals surface area contributed by atoms with E-state index in [4.69, 9.17) is 5.73 Å². The Bertz CT molecular complexity index is 595. The number of aromatic amines is 1. The van der Waals surface area contributed by atoms with Gasteiger partial charge in [0, 0.05) is 13.1 Å². The van der Waals surface area contributed by atoms with Crippen molar-refractivity contribution in [3.8, 4) is 0 Å². The minimum absolute atomic E-state index is 0.302. The molecular weight excluding hydrogens is 232 g/mol. The third kappa shape index (κ3) is 1.86. The average Bonchev–Trinajstić information content (AvgIpc) is 2.80. The maximum Gasteiger partial charge on any atom is 0.364 e. The smallest absolute Gasteiger partial charge is 0.355 e. The summed E-state index contributed by atoms with van der Waals surface area (Å²) in [5.74, 6) is 1.43. The summed E-state index contributed by atoms with van der Waals surface area (Å²) in [5.41, 5.74) is 5.92. The first-order chi connectivity index (χ1) is 8.78. The first kappa shape index (κ1) is 11.2. The highest BCUT2D eigenvalue weighted by molar-refractivity contribution is 5.45. The van der Waals surface area contributed by atoms with Crippen LogP contribution in [0, 0.1) is 5.92 Å². The number of hydrogen-bond donors (Lipinski definition) is 2. The van der Waals surface area contributed by atoms with Crippen molar-refractivity contribution >= 4 is 11.5 Å². The minimum Gasteiger partial charge on any atom is -0.355 e. The van der Waals surface area contributed by atoms with E-state index in [-0.39, 0.29) is 5.69 Å². The molecular formula is C11H16N6O. The van der Waals surface area contributed by atoms with Crippen molar-refractivity contribution in [3.63, 3.8) is 0 Å². The highest BCUT2D eigenvalue weighted by Gasteiger charge is 2.19. The summed E-state index contributed by atoms with van der Waals surface area (Å²) >= 11 is 0. The van der Waals surface area contributed by atoms with Gasteiger partial charge in [-0.25, -0.2) is 9.89 Å². The molecule has 0 amide bonds. The Morgan fingerprint density at radius 2 is 2.17 bits per heavy atom. The van der Waals surface area contributed by atoms with Crippen LogP contribution in [-0.2, 0) is 0 Å². The van der Waals surface area contributed by atoms with Gasteiger partial charge in [-0.1, -0.05) is 0 Å². The zero-order valence-electron chi connectivity index (χ0n) is 10.0. The van der Waals surface area contributed by atoms with Gasteiger partial charge in [-0.2, -0.15) is 9.61 Å². The maximum atomic E-state index is 11.5. The third-order valence-electron chi connectivity index (χ3n) is 3.53. The van der Waals surface area contributed by atoms with E-state index in [1.807, 2.05) is 6.07 Å². The molecule has 0 radical (unpaired) electrons. The van der Waals surface area contributed by atoms with E-state index in [1.165, 1.54) is 4.52 Å². The van der Waals surface area contributed by atoms with E-state index in [2.05, 4.69) is 20.2 Å². The van der Waals surface area contributed by atoms with Gasteiger partial charge in [0.1, 0.15) is 5.82 Å². The zero-order valence-corrected chi connectivity index (χ0v) is 10.0. The Labute approximate surface area is 104 Å². The molecule has 1 aliphatic heterocycles. The molecule has 1 aliphatic rings. The Morgan fingerprint density at radius 1 is 1.39 bits per heavy atom. The Kier molecular flexibility index (Phi) is 2.75. The summed E-state index contributed by atoms with van der Waals surface area (Å²) in [6.45, 7) is 2.63. The lowest BCUT2D eigenvalue weighted by molar-refractivity contribution is 0.412. The van der Waals surface area contributed by atoms with E-state index in [1.54, 1.807) is 6.07 Å². The van der Waals surface area contributed by atoms with Crippen molar-refractivity contribution in [1.29, 1.82) is 0 Å². The predicted octanol–water partition coefficient (Wildman–Crippen LogP) is -0.407. The van der Waals surface area contributed by atoms with Crippen molar-refractivity contribution in [2.75, 3.05) is 24.5 Å². The molecule has 2 aromatic heterocycles. The van der Waals surface area contributed by atoms with Gasteiger partial charge in [0.15, 0.2) is 5.65 Å². The van der Waals surface area contributed by atoms with E-state index in [0.717, 1.165) is 38.3 Å². The lowest BCUT2D eigenvalue weighted by Gasteiger charge is -2.31. The van der Waals surface area contributed by atoms with Crippen LogP contribution in [0.2, 0.25) is 0 Å². The average molecular weight is 248 g/mol. The predicted molar refractivity (Wildman–Crippen MR) is 67.6 cm³/mol. The molecule has 18 heavy (non-hydrogen) atoms. The molecule has 0 spiro atoms. The molecule has 1 saturated heterocycles. The number of nitrogens with one attached hydrogen (secondary N) is 1. The van der Waals surface area contributed by atoms with Crippen molar-refractivity contribution in [2.24, 2.45) is 11.7 Å². The number of nitrogens with two attached hydrogens (primary N) is 1. The van der Waals surface area contributed by atoms with Crippen LogP contribution in [0.5, 0.6) is 0 Å². The van der Waals surface area contributed by atoms with Crippen LogP contribution >= 0.6 is 0 Å². The lowest BCUT2D eigenvalue weighted by atomic mass is 9.97. The number of anilines is 1. The van der Waals surface area contributed by atoms with Crippen LogP contribution in [0.3, 0.4) is 0 Å². The summed E-state index contributed by atoms with van der Waals surface area (Å²) in [6, 6.07) is 3.70. The Morgan fingerprint density at radius 3 is 2.89 bits per heavy atom. The summed E-state index contributed by atoms with van der Waals surface area (Å²) in [7, 11) is 0. The second-order valence-electron chi connectivity index (χ2n) is 4.66. The fraction of sp³-hybridized carbons (Fsp3) is 0.545. The molecule has 96 valence electrons. The number of piperidine rings is 1. The van der Waals surface area contributed by atoms with Gasteiger partial charge in [-0.15, -0.1) is 5.10 Å². The molecule has 3 N–H and O–H groups in total. The first-order valence-corrected chi connectivity index (χ1v) is 6.17. The Hall–Kier alpha value is -1.89. The van der Waals surface area contributed by atoms with Gasteiger partial charge in [0.2, 0.25) is 0 Å². The number of aromatic nitrogens is 4. The molecule has 7 nitrogen and oxygen atoms in total. The van der Waals surface area contributed by atoms with Crippen LogP contribution in [-0.4, -0.2) is 39.4 Å². The van der Waals surface area contributed by atoms with Crippen LogP contribution in [0.4, 0.5) is 5.82 Å². The SMILES string of the molecule is NCC1CCN(c2ccc3n[nH]c(=O)n3n2)CC1. The van der Waals surface area contributed by atoms with Gasteiger partial charge in [-0.3, -0.25) is 0 Å². The van der Waals surface area contributed by atoms with Crippen LogP contribution < -0.4 is 16.3 Å². The van der Waals surface area contributed by atoms with E-state index < -0.39 is 0 Å². The fourth-order valence-electron chi connectivity index (χ4n) is 2.36. The van der Waals surface area contributed by atoms with Gasteiger partial charge < -0.3 is 10.6 Å². The monoisotopic (exact) mass is 248 g/mol. The second kappa shape index (κ2) is 4.41. The molecule has 1 fully saturated rings. The molecule has 0 aromatic carbocycles. The van der Waals surface area contributed by atoms with Crippen molar-refractivity contribution in [2.45, 2.75) is 12.8 Å². The quantitative estimate of drug-likeness (QED) is 0.754. The highest BCUT2D eigenvalue weighted by Crippen LogP contribution is 2.20. The van der Waals surface area contributed by atoms with Gasteiger partial charge in [-0.05, 0) is 37.4 Å². The number of rotatable bonds is 2. The normalized spacial score (nSPS) is 17.5. The summed E-state index contributed by atoms with van der Waals surface area (Å²) in [4.78, 5) is 13.6. The van der Waals surface area contributed by atoms with Gasteiger partial charge in [0.25, 0.3) is 0 Å². The largest absolute Gasteiger partial charge is 0.364 e. The molecule has 0 atom stereocenters. The Balaban J connectivity index is 1.86. The topological polar surface area (TPSA) is 92.3 Å². The van der Waals surface area contributed by atoms with E-state index in [9.17, 15) is 4.79 Å². The van der Waals surface area contributed by atoms with Gasteiger partial charge in [0.05, 0.1) is 0 Å². The number of H-pyrrole nitrogens is 1. The molecule has 0 saturated carbocycles. The van der Waals surface area contributed by atoms with E-state index >= 15 is 0 Å². The van der Waals surface area contributed by atoms with E-state index in [0.29, 0.717) is 11.6 Å². The van der Waals surface area contributed by atoms with Crippen LogP contribution in [0.1, 0.15) is 12.8 Å². The molecule has 0 aliphatic carbocycles. The van der Waals surface area contributed by atoms with Crippen LogP contribution in [0.25, 0.3) is 5.65 Å². The van der Waals surface area contributed by atoms with Crippen molar-refractivity contribution in [3.05, 3.63) is 22.6 Å². The molecule has 0 unspecified atom stereocenters. The fourth-order valence-corrected chi connectivity index (χ4v) is 2.36. The minimum atomic E-state index is -0.302. The third-order valence-corrected chi connectivity index (χ3v) is 3.53. The summed E-state index contributed by atoms with van der Waals surface area (Å²) < 4.78 is 1.30. The summed E-state index contributed by atoms with van der Waals surface area (Å²) in [5, 5.41) is 10.6. The van der Waals surface area contributed by atoms with Crippen molar-refractivity contribution in [1.82, 2.24) is 19.8 Å². The first-order valence-electron chi connectivity index (χ1n) is 6.17. The standard InChI is InChI=1S/C11H16N6O/c12-7-8-3-5-16(6-4-8)10-2-1-9-13-14-11(18)17(9)15-10/h1-2,8H,3-7,12H2,(H,14,18).